The molecule has 3 aromatic rings. The van der Waals surface area contributed by atoms with E-state index in [1.54, 1.807) is 35.2 Å². The number of aromatic nitrogens is 3. The summed E-state index contributed by atoms with van der Waals surface area (Å²) < 4.78 is 7.78. The van der Waals surface area contributed by atoms with Gasteiger partial charge in [-0.1, -0.05) is 0 Å². The smallest absolute Gasteiger partial charge is 0.269 e. The number of furan rings is 1. The number of rotatable bonds is 5. The van der Waals surface area contributed by atoms with Gasteiger partial charge in [0.1, 0.15) is 11.5 Å². The molecule has 0 bridgehead atoms. The SMILES string of the molecule is O=[N+]([O-])c1ccc(-c2ccc(/C=N\n3c(C4CC4)n[nH]c3=S)o2)cc1. The van der Waals surface area contributed by atoms with Gasteiger partial charge in [0.05, 0.1) is 11.1 Å². The van der Waals surface area contributed by atoms with Crippen LogP contribution in [-0.2, 0) is 0 Å². The molecule has 4 rings (SSSR count). The van der Waals surface area contributed by atoms with Crippen LogP contribution in [-0.4, -0.2) is 26.0 Å². The summed E-state index contributed by atoms with van der Waals surface area (Å²) in [4.78, 5) is 10.3. The highest BCUT2D eigenvalue weighted by Gasteiger charge is 2.29. The number of hydrogen-bond donors (Lipinski definition) is 1. The lowest BCUT2D eigenvalue weighted by Gasteiger charge is -1.97. The zero-order valence-corrected chi connectivity index (χ0v) is 13.8. The number of H-pyrrole nitrogens is 1. The zero-order chi connectivity index (χ0) is 17.4. The van der Waals surface area contributed by atoms with Crippen molar-refractivity contribution in [3.63, 3.8) is 0 Å². The van der Waals surface area contributed by atoms with Gasteiger partial charge in [-0.25, -0.2) is 0 Å². The molecule has 8 nitrogen and oxygen atoms in total. The predicted molar refractivity (Wildman–Crippen MR) is 93.2 cm³/mol. The van der Waals surface area contributed by atoms with Crippen molar-refractivity contribution in [1.82, 2.24) is 14.9 Å². The van der Waals surface area contributed by atoms with E-state index in [1.165, 1.54) is 12.1 Å². The first-order valence-electron chi connectivity index (χ1n) is 7.68. The third-order valence-corrected chi connectivity index (χ3v) is 4.17. The highest BCUT2D eigenvalue weighted by Crippen LogP contribution is 2.38. The van der Waals surface area contributed by atoms with Gasteiger partial charge in [-0.05, 0) is 49.3 Å². The van der Waals surface area contributed by atoms with Crippen LogP contribution in [0.25, 0.3) is 11.3 Å². The van der Waals surface area contributed by atoms with E-state index in [0.29, 0.717) is 22.2 Å². The van der Waals surface area contributed by atoms with Crippen molar-refractivity contribution >= 4 is 24.1 Å². The van der Waals surface area contributed by atoms with E-state index < -0.39 is 4.92 Å². The Hall–Kier alpha value is -3.07. The van der Waals surface area contributed by atoms with Crippen LogP contribution < -0.4 is 0 Å². The largest absolute Gasteiger partial charge is 0.455 e. The van der Waals surface area contributed by atoms with Crippen LogP contribution in [0.1, 0.15) is 30.3 Å². The van der Waals surface area contributed by atoms with Crippen molar-refractivity contribution in [2.24, 2.45) is 5.10 Å². The number of nitrogens with one attached hydrogen (secondary N) is 1. The van der Waals surface area contributed by atoms with E-state index in [-0.39, 0.29) is 5.69 Å². The zero-order valence-electron chi connectivity index (χ0n) is 13.0. The number of nitro groups is 1. The topological polar surface area (TPSA) is 102 Å². The minimum absolute atomic E-state index is 0.0408. The minimum atomic E-state index is -0.435. The molecule has 0 amide bonds. The third-order valence-electron chi connectivity index (χ3n) is 3.91. The summed E-state index contributed by atoms with van der Waals surface area (Å²) in [6.07, 6.45) is 3.77. The Balaban J connectivity index is 1.56. The fraction of sp³-hybridized carbons (Fsp3) is 0.188. The van der Waals surface area contributed by atoms with E-state index in [4.69, 9.17) is 16.6 Å². The van der Waals surface area contributed by atoms with Gasteiger partial charge in [0.2, 0.25) is 4.77 Å². The molecule has 1 aliphatic rings. The Bertz CT molecular complexity index is 1010. The van der Waals surface area contributed by atoms with Gasteiger partial charge in [0.25, 0.3) is 5.69 Å². The van der Waals surface area contributed by atoms with Crippen molar-refractivity contribution < 1.29 is 9.34 Å². The molecule has 0 spiro atoms. The molecule has 25 heavy (non-hydrogen) atoms. The van der Waals surface area contributed by atoms with E-state index in [2.05, 4.69) is 15.3 Å². The van der Waals surface area contributed by atoms with Crippen molar-refractivity contribution in [2.75, 3.05) is 0 Å². The summed E-state index contributed by atoms with van der Waals surface area (Å²) in [6, 6.07) is 9.75. The van der Waals surface area contributed by atoms with Crippen molar-refractivity contribution in [3.8, 4) is 11.3 Å². The number of hydrogen-bond acceptors (Lipinski definition) is 6. The minimum Gasteiger partial charge on any atom is -0.455 e. The first kappa shape index (κ1) is 15.5. The quantitative estimate of drug-likeness (QED) is 0.324. The summed E-state index contributed by atoms with van der Waals surface area (Å²) in [5.41, 5.74) is 0.794. The number of non-ortho nitro benzene ring substituents is 1. The van der Waals surface area contributed by atoms with Gasteiger partial charge in [-0.2, -0.15) is 14.9 Å². The fourth-order valence-corrected chi connectivity index (χ4v) is 2.65. The average molecular weight is 355 g/mol. The first-order valence-corrected chi connectivity index (χ1v) is 8.09. The van der Waals surface area contributed by atoms with Gasteiger partial charge in [0.15, 0.2) is 5.82 Å². The molecule has 126 valence electrons. The van der Waals surface area contributed by atoms with Gasteiger partial charge in [-0.3, -0.25) is 15.2 Å². The van der Waals surface area contributed by atoms with Crippen LogP contribution >= 0.6 is 12.2 Å². The normalized spacial score (nSPS) is 14.2. The molecular weight excluding hydrogens is 342 g/mol. The summed E-state index contributed by atoms with van der Waals surface area (Å²) in [5, 5.41) is 22.0. The van der Waals surface area contributed by atoms with Crippen LogP contribution in [0, 0.1) is 14.9 Å². The van der Waals surface area contributed by atoms with Crippen LogP contribution in [0.15, 0.2) is 45.9 Å². The van der Waals surface area contributed by atoms with Gasteiger partial charge in [0, 0.05) is 23.6 Å². The Morgan fingerprint density at radius 3 is 2.76 bits per heavy atom. The Morgan fingerprint density at radius 2 is 2.08 bits per heavy atom. The number of nitro benzene ring substituents is 1. The summed E-state index contributed by atoms with van der Waals surface area (Å²) in [5.74, 6) is 2.41. The third kappa shape index (κ3) is 3.13. The lowest BCUT2D eigenvalue weighted by Crippen LogP contribution is -1.96. The molecule has 1 aliphatic carbocycles. The maximum atomic E-state index is 10.7. The Labute approximate surface area is 146 Å². The van der Waals surface area contributed by atoms with E-state index >= 15 is 0 Å². The molecular formula is C16H13N5O3S. The lowest BCUT2D eigenvalue weighted by atomic mass is 10.1. The van der Waals surface area contributed by atoms with Gasteiger partial charge in [-0.15, -0.1) is 0 Å². The van der Waals surface area contributed by atoms with Crippen LogP contribution in [0.5, 0.6) is 0 Å². The maximum absolute atomic E-state index is 10.7. The van der Waals surface area contributed by atoms with E-state index in [0.717, 1.165) is 24.2 Å². The highest BCUT2D eigenvalue weighted by atomic mass is 32.1. The second-order valence-electron chi connectivity index (χ2n) is 5.72. The molecule has 1 fully saturated rings. The number of aromatic amines is 1. The summed E-state index contributed by atoms with van der Waals surface area (Å²) in [6.45, 7) is 0. The maximum Gasteiger partial charge on any atom is 0.269 e. The second kappa shape index (κ2) is 6.10. The van der Waals surface area contributed by atoms with E-state index in [1.807, 2.05) is 0 Å². The van der Waals surface area contributed by atoms with Crippen LogP contribution in [0.4, 0.5) is 5.69 Å². The molecule has 0 unspecified atom stereocenters. The molecule has 1 saturated carbocycles. The molecule has 1 N–H and O–H groups in total. The van der Waals surface area contributed by atoms with Gasteiger partial charge >= 0.3 is 0 Å². The van der Waals surface area contributed by atoms with Crippen molar-refractivity contribution in [3.05, 3.63) is 62.9 Å². The Kier molecular flexibility index (Phi) is 3.77. The van der Waals surface area contributed by atoms with Gasteiger partial charge < -0.3 is 4.42 Å². The predicted octanol–water partition coefficient (Wildman–Crippen LogP) is 3.87. The van der Waals surface area contributed by atoms with Crippen molar-refractivity contribution in [2.45, 2.75) is 18.8 Å². The molecule has 9 heteroatoms. The van der Waals surface area contributed by atoms with Crippen LogP contribution in [0.3, 0.4) is 0 Å². The van der Waals surface area contributed by atoms with Crippen LogP contribution in [0.2, 0.25) is 0 Å². The second-order valence-corrected chi connectivity index (χ2v) is 6.11. The fourth-order valence-electron chi connectivity index (χ4n) is 2.46. The number of nitrogens with zero attached hydrogens (tertiary/aromatic N) is 4. The average Bonchev–Trinajstić information content (AvgIpc) is 3.23. The summed E-state index contributed by atoms with van der Waals surface area (Å²) in [7, 11) is 0. The Morgan fingerprint density at radius 1 is 1.32 bits per heavy atom. The standard InChI is InChI=1S/C16H13N5O3S/c22-21(23)12-5-3-10(4-6-12)14-8-7-13(24-14)9-17-20-15(11-1-2-11)18-19-16(20)25/h3-9,11H,1-2H2,(H,19,25)/b17-9-. The highest BCUT2D eigenvalue weighted by molar-refractivity contribution is 7.71. The molecule has 2 aromatic heterocycles. The molecule has 0 aliphatic heterocycles. The molecule has 0 saturated heterocycles. The molecule has 2 heterocycles. The van der Waals surface area contributed by atoms with Crippen molar-refractivity contribution in [1.29, 1.82) is 0 Å². The summed E-state index contributed by atoms with van der Waals surface area (Å²) >= 11 is 5.20. The lowest BCUT2D eigenvalue weighted by molar-refractivity contribution is -0.384. The number of benzene rings is 1. The van der Waals surface area contributed by atoms with E-state index in [9.17, 15) is 10.1 Å². The molecule has 1 aromatic carbocycles. The molecule has 0 atom stereocenters. The monoisotopic (exact) mass is 355 g/mol. The molecule has 0 radical (unpaired) electrons. The first-order chi connectivity index (χ1) is 12.1.